The number of aryl methyl sites for hydroxylation is 1. The summed E-state index contributed by atoms with van der Waals surface area (Å²) in [5, 5.41) is 3.47. The number of para-hydroxylation sites is 1. The normalized spacial score (nSPS) is 21.5. The average Bonchev–Trinajstić information content (AvgIpc) is 2.79. The summed E-state index contributed by atoms with van der Waals surface area (Å²) in [6.07, 6.45) is 2.37. The highest BCUT2D eigenvalue weighted by molar-refractivity contribution is 5.94. The third-order valence-electron chi connectivity index (χ3n) is 6.81. The van der Waals surface area contributed by atoms with Gasteiger partial charge in [-0.1, -0.05) is 18.2 Å². The average molecular weight is 467 g/mol. The van der Waals surface area contributed by atoms with E-state index in [0.29, 0.717) is 25.1 Å². The third-order valence-corrected chi connectivity index (χ3v) is 6.81. The summed E-state index contributed by atoms with van der Waals surface area (Å²) in [6.45, 7) is 11.4. The molecule has 6 nitrogen and oxygen atoms in total. The Morgan fingerprint density at radius 2 is 1.76 bits per heavy atom. The van der Waals surface area contributed by atoms with Crippen LogP contribution in [0.3, 0.4) is 0 Å². The van der Waals surface area contributed by atoms with E-state index in [1.807, 2.05) is 69.1 Å². The number of fused-ring (bicyclic) bond motifs is 1. The minimum absolute atomic E-state index is 0.0585. The van der Waals surface area contributed by atoms with Gasteiger partial charge in [0.1, 0.15) is 17.1 Å². The topological polar surface area (TPSA) is 60.0 Å². The minimum Gasteiger partial charge on any atom is -0.491 e. The van der Waals surface area contributed by atoms with Gasteiger partial charge in [0, 0.05) is 43.5 Å². The van der Waals surface area contributed by atoms with Gasteiger partial charge in [0.2, 0.25) is 0 Å². The first kappa shape index (κ1) is 24.6. The van der Waals surface area contributed by atoms with Gasteiger partial charge in [-0.05, 0) is 71.5 Å². The van der Waals surface area contributed by atoms with Crippen molar-refractivity contribution in [2.24, 2.45) is 0 Å². The lowest BCUT2D eigenvalue weighted by Crippen LogP contribution is -2.59. The van der Waals surface area contributed by atoms with Crippen LogP contribution >= 0.6 is 0 Å². The molecule has 0 radical (unpaired) electrons. The van der Waals surface area contributed by atoms with Crippen LogP contribution in [-0.4, -0.2) is 48.8 Å². The van der Waals surface area contributed by atoms with Gasteiger partial charge < -0.3 is 19.1 Å². The number of benzene rings is 2. The fraction of sp³-hybridized carbons (Fsp3) is 0.536. The Morgan fingerprint density at radius 3 is 2.38 bits per heavy atom. The molecular formula is C28H38N2O4. The molecule has 184 valence electrons. The molecule has 2 aliphatic heterocycles. The Bertz CT molecular complexity index is 1030. The van der Waals surface area contributed by atoms with Gasteiger partial charge in [-0.25, -0.2) is 0 Å². The van der Waals surface area contributed by atoms with E-state index in [2.05, 4.69) is 25.2 Å². The van der Waals surface area contributed by atoms with Crippen molar-refractivity contribution >= 4 is 5.91 Å². The summed E-state index contributed by atoms with van der Waals surface area (Å²) in [4.78, 5) is 15.2. The Balaban J connectivity index is 1.51. The second kappa shape index (κ2) is 9.59. The molecule has 0 bridgehead atoms. The maximum absolute atomic E-state index is 13.3. The predicted octanol–water partition coefficient (Wildman–Crippen LogP) is 5.04. The molecule has 6 heteroatoms. The number of nitrogens with one attached hydrogen (secondary N) is 1. The number of nitrogens with zero attached hydrogens (tertiary/aromatic N) is 1. The number of carbonyl (C=O) groups is 1. The minimum atomic E-state index is -0.613. The number of likely N-dealkylation sites (tertiary alicyclic amines) is 1. The Labute approximate surface area is 203 Å². The fourth-order valence-electron chi connectivity index (χ4n) is 5.24. The molecule has 1 N–H and O–H groups in total. The lowest BCUT2D eigenvalue weighted by molar-refractivity contribution is -0.166. The SMILES string of the molecule is CN[C@]1(OC(C)C)CC2(CCN(C(=O)c3ccc(OC(C)C)c(C)c3)CC2)Oc2ccccc21. The summed E-state index contributed by atoms with van der Waals surface area (Å²) in [7, 11) is 1.95. The first-order valence-corrected chi connectivity index (χ1v) is 12.4. The van der Waals surface area contributed by atoms with Crippen LogP contribution in [0.25, 0.3) is 0 Å². The number of hydrogen-bond acceptors (Lipinski definition) is 5. The molecule has 1 amide bonds. The molecular weight excluding hydrogens is 428 g/mol. The summed E-state index contributed by atoms with van der Waals surface area (Å²) < 4.78 is 19.0. The molecule has 1 fully saturated rings. The molecule has 0 unspecified atom stereocenters. The quantitative estimate of drug-likeness (QED) is 0.605. The fourth-order valence-corrected chi connectivity index (χ4v) is 5.24. The van der Waals surface area contributed by atoms with Crippen LogP contribution in [0.15, 0.2) is 42.5 Å². The lowest BCUT2D eigenvalue weighted by atomic mass is 9.78. The third kappa shape index (κ3) is 4.80. The van der Waals surface area contributed by atoms with Crippen LogP contribution in [0.1, 0.15) is 68.4 Å². The van der Waals surface area contributed by atoms with Gasteiger partial charge in [0.25, 0.3) is 5.91 Å². The number of hydrogen-bond donors (Lipinski definition) is 1. The second-order valence-corrected chi connectivity index (χ2v) is 10.1. The van der Waals surface area contributed by atoms with E-state index >= 15 is 0 Å². The highest BCUT2D eigenvalue weighted by Gasteiger charge is 2.51. The van der Waals surface area contributed by atoms with Gasteiger partial charge in [-0.2, -0.15) is 0 Å². The molecule has 34 heavy (non-hydrogen) atoms. The van der Waals surface area contributed by atoms with Gasteiger partial charge in [-0.3, -0.25) is 10.1 Å². The van der Waals surface area contributed by atoms with Crippen molar-refractivity contribution in [2.45, 2.75) is 77.4 Å². The van der Waals surface area contributed by atoms with E-state index in [1.165, 1.54) is 0 Å². The molecule has 1 atom stereocenters. The van der Waals surface area contributed by atoms with Crippen LogP contribution in [0.4, 0.5) is 0 Å². The monoisotopic (exact) mass is 466 g/mol. The van der Waals surface area contributed by atoms with Crippen molar-refractivity contribution < 1.29 is 19.0 Å². The molecule has 2 aromatic rings. The van der Waals surface area contributed by atoms with Crippen LogP contribution < -0.4 is 14.8 Å². The Kier molecular flexibility index (Phi) is 6.92. The first-order chi connectivity index (χ1) is 16.2. The summed E-state index contributed by atoms with van der Waals surface area (Å²) in [6, 6.07) is 13.8. The van der Waals surface area contributed by atoms with Crippen molar-refractivity contribution in [1.29, 1.82) is 0 Å². The van der Waals surface area contributed by atoms with Crippen molar-refractivity contribution in [3.63, 3.8) is 0 Å². The van der Waals surface area contributed by atoms with Gasteiger partial charge in [0.05, 0.1) is 12.2 Å². The predicted molar refractivity (Wildman–Crippen MR) is 133 cm³/mol. The standard InChI is InChI=1S/C28H38N2O4/c1-19(2)32-24-12-11-22(17-21(24)5)26(31)30-15-13-27(14-16-30)18-28(29-6,33-20(3)4)23-9-7-8-10-25(23)34-27/h7-12,17,19-20,29H,13-16,18H2,1-6H3/t28-/m0/s1. The van der Waals surface area contributed by atoms with Gasteiger partial charge in [0.15, 0.2) is 5.72 Å². The largest absolute Gasteiger partial charge is 0.491 e. The highest BCUT2D eigenvalue weighted by atomic mass is 16.5. The number of amides is 1. The maximum Gasteiger partial charge on any atom is 0.253 e. The molecule has 4 rings (SSSR count). The molecule has 1 spiro atoms. The zero-order valence-electron chi connectivity index (χ0n) is 21.3. The second-order valence-electron chi connectivity index (χ2n) is 10.1. The van der Waals surface area contributed by atoms with E-state index in [0.717, 1.165) is 35.5 Å². The van der Waals surface area contributed by atoms with Crippen LogP contribution in [0, 0.1) is 6.92 Å². The van der Waals surface area contributed by atoms with Crippen molar-refractivity contribution in [3.05, 3.63) is 59.2 Å². The van der Waals surface area contributed by atoms with E-state index in [-0.39, 0.29) is 23.7 Å². The number of ether oxygens (including phenoxy) is 3. The van der Waals surface area contributed by atoms with Crippen molar-refractivity contribution in [2.75, 3.05) is 20.1 Å². The zero-order chi connectivity index (χ0) is 24.5. The highest BCUT2D eigenvalue weighted by Crippen LogP contribution is 2.48. The molecule has 2 heterocycles. The van der Waals surface area contributed by atoms with Gasteiger partial charge in [-0.15, -0.1) is 0 Å². The van der Waals surface area contributed by atoms with E-state index in [9.17, 15) is 4.79 Å². The smallest absolute Gasteiger partial charge is 0.253 e. The molecule has 0 aromatic heterocycles. The Morgan fingerprint density at radius 1 is 1.06 bits per heavy atom. The van der Waals surface area contributed by atoms with Crippen LogP contribution in [0.2, 0.25) is 0 Å². The van der Waals surface area contributed by atoms with Crippen molar-refractivity contribution in [3.8, 4) is 11.5 Å². The number of piperidine rings is 1. The van der Waals surface area contributed by atoms with E-state index in [4.69, 9.17) is 14.2 Å². The number of rotatable bonds is 6. The van der Waals surface area contributed by atoms with Crippen LogP contribution in [0.5, 0.6) is 11.5 Å². The molecule has 0 aliphatic carbocycles. The first-order valence-electron chi connectivity index (χ1n) is 12.4. The van der Waals surface area contributed by atoms with Crippen LogP contribution in [-0.2, 0) is 10.5 Å². The Hall–Kier alpha value is -2.57. The molecule has 1 saturated heterocycles. The molecule has 2 aliphatic rings. The molecule has 0 saturated carbocycles. The zero-order valence-corrected chi connectivity index (χ0v) is 21.3. The molecule has 2 aromatic carbocycles. The van der Waals surface area contributed by atoms with E-state index < -0.39 is 5.72 Å². The lowest BCUT2D eigenvalue weighted by Gasteiger charge is -2.51. The number of carbonyl (C=O) groups excluding carboxylic acids is 1. The summed E-state index contributed by atoms with van der Waals surface area (Å²) in [5.41, 5.74) is 1.72. The maximum atomic E-state index is 13.3. The van der Waals surface area contributed by atoms with E-state index in [1.54, 1.807) is 0 Å². The summed E-state index contributed by atoms with van der Waals surface area (Å²) >= 11 is 0. The van der Waals surface area contributed by atoms with Crippen molar-refractivity contribution in [1.82, 2.24) is 10.2 Å². The van der Waals surface area contributed by atoms with Gasteiger partial charge >= 0.3 is 0 Å². The summed E-state index contributed by atoms with van der Waals surface area (Å²) in [5.74, 6) is 1.75.